The lowest BCUT2D eigenvalue weighted by Crippen LogP contribution is -2.40. The second kappa shape index (κ2) is 9.43. The topological polar surface area (TPSA) is 119 Å². The number of sulfonamides is 1. The molecule has 1 N–H and O–H groups in total. The lowest BCUT2D eigenvalue weighted by Gasteiger charge is -2.26. The van der Waals surface area contributed by atoms with Crippen molar-refractivity contribution in [2.45, 2.75) is 4.90 Å². The number of ether oxygens (including phenoxy) is 2. The van der Waals surface area contributed by atoms with Gasteiger partial charge in [0.2, 0.25) is 10.0 Å². The van der Waals surface area contributed by atoms with Crippen LogP contribution in [0.4, 0.5) is 4.39 Å². The summed E-state index contributed by atoms with van der Waals surface area (Å²) in [4.78, 5) is 35.8. The number of benzene rings is 1. The Balaban J connectivity index is 1.66. The maximum Gasteiger partial charge on any atom is 0.341 e. The molecule has 1 saturated heterocycles. The van der Waals surface area contributed by atoms with E-state index < -0.39 is 45.8 Å². The van der Waals surface area contributed by atoms with Crippen LogP contribution in [-0.4, -0.2) is 63.4 Å². The zero-order chi connectivity index (χ0) is 21.7. The number of rotatable bonds is 6. The highest BCUT2D eigenvalue weighted by Crippen LogP contribution is 2.21. The zero-order valence-corrected chi connectivity index (χ0v) is 17.1. The number of nitrogens with zero attached hydrogens (tertiary/aromatic N) is 1. The Bertz CT molecular complexity index is 1050. The van der Waals surface area contributed by atoms with Gasteiger partial charge in [-0.2, -0.15) is 4.31 Å². The Morgan fingerprint density at radius 3 is 2.60 bits per heavy atom. The molecular formula is C18H17FN2O7S2. The minimum atomic E-state index is -3.95. The number of carbonyl (C=O) groups excluding carboxylic acids is 3. The predicted octanol–water partition coefficient (Wildman–Crippen LogP) is 1.02. The molecule has 0 radical (unpaired) electrons. The lowest BCUT2D eigenvalue weighted by atomic mass is 10.2. The summed E-state index contributed by atoms with van der Waals surface area (Å²) in [7, 11) is -3.95. The summed E-state index contributed by atoms with van der Waals surface area (Å²) in [5, 5.41) is 3.68. The molecule has 160 valence electrons. The third-order valence-electron chi connectivity index (χ3n) is 4.10. The van der Waals surface area contributed by atoms with E-state index in [2.05, 4.69) is 0 Å². The van der Waals surface area contributed by atoms with Crippen LogP contribution >= 0.6 is 11.3 Å². The molecular weight excluding hydrogens is 439 g/mol. The second-order valence-corrected chi connectivity index (χ2v) is 8.97. The van der Waals surface area contributed by atoms with Crippen LogP contribution in [0.25, 0.3) is 0 Å². The van der Waals surface area contributed by atoms with E-state index in [9.17, 15) is 27.2 Å². The molecule has 0 atom stereocenters. The summed E-state index contributed by atoms with van der Waals surface area (Å²) < 4.78 is 50.4. The number of esters is 1. The molecule has 1 aromatic carbocycles. The second-order valence-electron chi connectivity index (χ2n) is 6.09. The molecule has 1 aromatic heterocycles. The number of carbonyl (C=O) groups is 3. The third-order valence-corrected chi connectivity index (χ3v) is 6.86. The standard InChI is InChI=1S/C18H17FN2O7S2/c19-14-4-3-12(30(25,26)21-5-7-27-8-6-21)10-13(14)18(24)28-11-16(22)20-17(23)15-2-1-9-29-15/h1-4,9-10H,5-8,11H2,(H,20,22,23). The third kappa shape index (κ3) is 5.08. The average Bonchev–Trinajstić information content (AvgIpc) is 3.28. The molecule has 30 heavy (non-hydrogen) atoms. The Morgan fingerprint density at radius 2 is 1.93 bits per heavy atom. The Hall–Kier alpha value is -2.67. The number of morpholine rings is 1. The molecule has 1 aliphatic heterocycles. The highest BCUT2D eigenvalue weighted by atomic mass is 32.2. The van der Waals surface area contributed by atoms with Gasteiger partial charge in [-0.25, -0.2) is 17.6 Å². The van der Waals surface area contributed by atoms with E-state index in [4.69, 9.17) is 9.47 Å². The number of nitrogens with one attached hydrogen (secondary N) is 1. The van der Waals surface area contributed by atoms with Crippen LogP contribution in [0, 0.1) is 5.82 Å². The summed E-state index contributed by atoms with van der Waals surface area (Å²) in [6.45, 7) is -0.102. The van der Waals surface area contributed by atoms with Gasteiger partial charge in [0.15, 0.2) is 6.61 Å². The van der Waals surface area contributed by atoms with E-state index in [1.807, 2.05) is 5.32 Å². The number of amides is 2. The molecule has 3 rings (SSSR count). The molecule has 0 saturated carbocycles. The SMILES string of the molecule is O=C(COC(=O)c1cc(S(=O)(=O)N2CCOCC2)ccc1F)NC(=O)c1cccs1. The molecule has 2 aromatic rings. The smallest absolute Gasteiger partial charge is 0.341 e. The summed E-state index contributed by atoms with van der Waals surface area (Å²) in [5.41, 5.74) is -0.637. The van der Waals surface area contributed by atoms with Crippen molar-refractivity contribution in [2.75, 3.05) is 32.9 Å². The van der Waals surface area contributed by atoms with Crippen LogP contribution in [-0.2, 0) is 24.3 Å². The molecule has 0 aliphatic carbocycles. The highest BCUT2D eigenvalue weighted by Gasteiger charge is 2.28. The predicted molar refractivity (Wildman–Crippen MR) is 103 cm³/mol. The number of hydrogen-bond donors (Lipinski definition) is 1. The van der Waals surface area contributed by atoms with Gasteiger partial charge in [-0.3, -0.25) is 14.9 Å². The lowest BCUT2D eigenvalue weighted by molar-refractivity contribution is -0.123. The number of hydrogen-bond acceptors (Lipinski definition) is 8. The first kappa shape index (κ1) is 22.0. The minimum absolute atomic E-state index is 0.137. The van der Waals surface area contributed by atoms with E-state index in [0.29, 0.717) is 4.88 Å². The highest BCUT2D eigenvalue weighted by molar-refractivity contribution is 7.89. The van der Waals surface area contributed by atoms with Crippen molar-refractivity contribution in [3.05, 3.63) is 52.0 Å². The van der Waals surface area contributed by atoms with E-state index in [1.54, 1.807) is 11.4 Å². The fraction of sp³-hybridized carbons (Fsp3) is 0.278. The van der Waals surface area contributed by atoms with Crippen molar-refractivity contribution in [1.82, 2.24) is 9.62 Å². The quantitative estimate of drug-likeness (QED) is 0.645. The molecule has 2 amide bonds. The molecule has 1 fully saturated rings. The number of imide groups is 1. The normalized spacial score (nSPS) is 14.8. The minimum Gasteiger partial charge on any atom is -0.452 e. The van der Waals surface area contributed by atoms with Crippen molar-refractivity contribution >= 4 is 39.1 Å². The van der Waals surface area contributed by atoms with Crippen molar-refractivity contribution < 1.29 is 36.7 Å². The van der Waals surface area contributed by atoms with Crippen LogP contribution in [0.5, 0.6) is 0 Å². The van der Waals surface area contributed by atoms with Crippen LogP contribution in [0.3, 0.4) is 0 Å². The maximum atomic E-state index is 14.1. The van der Waals surface area contributed by atoms with Gasteiger partial charge in [0.1, 0.15) is 5.82 Å². The molecule has 1 aliphatic rings. The van der Waals surface area contributed by atoms with E-state index >= 15 is 0 Å². The van der Waals surface area contributed by atoms with Gasteiger partial charge in [0.25, 0.3) is 11.8 Å². The molecule has 0 bridgehead atoms. The van der Waals surface area contributed by atoms with E-state index in [1.165, 1.54) is 10.4 Å². The van der Waals surface area contributed by atoms with Gasteiger partial charge >= 0.3 is 5.97 Å². The van der Waals surface area contributed by atoms with Crippen molar-refractivity contribution in [1.29, 1.82) is 0 Å². The fourth-order valence-electron chi connectivity index (χ4n) is 2.60. The van der Waals surface area contributed by atoms with Gasteiger partial charge in [-0.05, 0) is 29.6 Å². The zero-order valence-electron chi connectivity index (χ0n) is 15.5. The molecule has 12 heteroatoms. The summed E-state index contributed by atoms with van der Waals surface area (Å²) in [6, 6.07) is 5.88. The van der Waals surface area contributed by atoms with Crippen LogP contribution in [0.15, 0.2) is 40.6 Å². The van der Waals surface area contributed by atoms with Gasteiger partial charge in [-0.15, -0.1) is 11.3 Å². The van der Waals surface area contributed by atoms with Crippen LogP contribution in [0.2, 0.25) is 0 Å². The van der Waals surface area contributed by atoms with E-state index in [0.717, 1.165) is 29.5 Å². The van der Waals surface area contributed by atoms with Crippen molar-refractivity contribution in [2.24, 2.45) is 0 Å². The molecule has 2 heterocycles. The molecule has 9 nitrogen and oxygen atoms in total. The summed E-state index contributed by atoms with van der Waals surface area (Å²) in [6.07, 6.45) is 0. The van der Waals surface area contributed by atoms with Gasteiger partial charge in [0.05, 0.1) is 28.5 Å². The first-order valence-electron chi connectivity index (χ1n) is 8.71. The van der Waals surface area contributed by atoms with Crippen molar-refractivity contribution in [3.8, 4) is 0 Å². The molecule has 0 unspecified atom stereocenters. The van der Waals surface area contributed by atoms with Gasteiger partial charge < -0.3 is 9.47 Å². The first-order valence-corrected chi connectivity index (χ1v) is 11.0. The largest absolute Gasteiger partial charge is 0.452 e. The van der Waals surface area contributed by atoms with Crippen LogP contribution in [0.1, 0.15) is 20.0 Å². The first-order chi connectivity index (χ1) is 14.3. The van der Waals surface area contributed by atoms with E-state index in [-0.39, 0.29) is 31.2 Å². The van der Waals surface area contributed by atoms with Crippen molar-refractivity contribution in [3.63, 3.8) is 0 Å². The average molecular weight is 456 g/mol. The Morgan fingerprint density at radius 1 is 1.20 bits per heavy atom. The number of halogens is 1. The Kier molecular flexibility index (Phi) is 6.92. The Labute approximate surface area is 175 Å². The maximum absolute atomic E-state index is 14.1. The molecule has 0 spiro atoms. The van der Waals surface area contributed by atoms with Crippen LogP contribution < -0.4 is 5.32 Å². The van der Waals surface area contributed by atoms with Gasteiger partial charge in [0, 0.05) is 13.1 Å². The fourth-order valence-corrected chi connectivity index (χ4v) is 4.65. The summed E-state index contributed by atoms with van der Waals surface area (Å²) >= 11 is 1.12. The number of thiophene rings is 1. The summed E-state index contributed by atoms with van der Waals surface area (Å²) in [5.74, 6) is -3.80. The monoisotopic (exact) mass is 456 g/mol. The van der Waals surface area contributed by atoms with Gasteiger partial charge in [-0.1, -0.05) is 6.07 Å².